The molecule has 1 amide bonds. The number of ketones is 1. The van der Waals surface area contributed by atoms with Crippen molar-refractivity contribution in [1.29, 1.82) is 0 Å². The smallest absolute Gasteiger partial charge is 0.227 e. The second-order valence-electron chi connectivity index (χ2n) is 10.3. The molecule has 5 rings (SSSR count). The number of carbonyl (C=O) groups excluding carboxylic acids is 2. The number of likely N-dealkylation sites (tertiary alicyclic amines) is 1. The molecular weight excluding hydrogens is 408 g/mol. The van der Waals surface area contributed by atoms with E-state index in [1.165, 1.54) is 35.1 Å². The molecule has 0 spiro atoms. The Bertz CT molecular complexity index is 1020. The third-order valence-corrected chi connectivity index (χ3v) is 7.88. The Labute approximate surface area is 198 Å². The minimum absolute atomic E-state index is 0.243. The van der Waals surface area contributed by atoms with Gasteiger partial charge in [-0.3, -0.25) is 9.59 Å². The van der Waals surface area contributed by atoms with Crippen molar-refractivity contribution >= 4 is 17.4 Å². The zero-order chi connectivity index (χ0) is 22.8. The van der Waals surface area contributed by atoms with Crippen molar-refractivity contribution in [1.82, 2.24) is 4.90 Å². The summed E-state index contributed by atoms with van der Waals surface area (Å²) in [6.45, 7) is 6.42. The van der Waals surface area contributed by atoms with E-state index in [2.05, 4.69) is 48.2 Å². The summed E-state index contributed by atoms with van der Waals surface area (Å²) in [5, 5.41) is 0. The van der Waals surface area contributed by atoms with E-state index in [1.807, 2.05) is 4.90 Å². The van der Waals surface area contributed by atoms with E-state index in [1.54, 1.807) is 0 Å². The molecular formula is C29H36N2O2. The van der Waals surface area contributed by atoms with Gasteiger partial charge in [-0.2, -0.15) is 0 Å². The first-order chi connectivity index (χ1) is 16.1. The van der Waals surface area contributed by atoms with Crippen molar-refractivity contribution in [2.75, 3.05) is 31.1 Å². The molecule has 1 saturated heterocycles. The van der Waals surface area contributed by atoms with Crippen LogP contribution < -0.4 is 4.90 Å². The normalized spacial score (nSPS) is 18.9. The maximum absolute atomic E-state index is 13.1. The molecule has 0 aromatic heterocycles. The van der Waals surface area contributed by atoms with Gasteiger partial charge in [0.2, 0.25) is 5.91 Å². The molecule has 0 atom stereocenters. The molecule has 2 aromatic rings. The lowest BCUT2D eigenvalue weighted by Crippen LogP contribution is -2.39. The van der Waals surface area contributed by atoms with E-state index in [4.69, 9.17) is 0 Å². The van der Waals surface area contributed by atoms with Gasteiger partial charge in [-0.1, -0.05) is 29.8 Å². The van der Waals surface area contributed by atoms with Crippen molar-refractivity contribution in [3.63, 3.8) is 0 Å². The third-order valence-electron chi connectivity index (χ3n) is 7.88. The molecule has 3 heterocycles. The van der Waals surface area contributed by atoms with Gasteiger partial charge in [0.15, 0.2) is 5.78 Å². The fourth-order valence-electron chi connectivity index (χ4n) is 5.95. The Morgan fingerprint density at radius 3 is 2.58 bits per heavy atom. The largest absolute Gasteiger partial charge is 0.312 e. The summed E-state index contributed by atoms with van der Waals surface area (Å²) in [5.41, 5.74) is 7.17. The molecule has 0 saturated carbocycles. The summed E-state index contributed by atoms with van der Waals surface area (Å²) in [5.74, 6) is 1.19. The van der Waals surface area contributed by atoms with Gasteiger partial charge >= 0.3 is 0 Å². The number of amides is 1. The molecule has 4 nitrogen and oxygen atoms in total. The van der Waals surface area contributed by atoms with Crippen LogP contribution in [-0.2, 0) is 24.1 Å². The van der Waals surface area contributed by atoms with Gasteiger partial charge in [-0.05, 0) is 99.7 Å². The van der Waals surface area contributed by atoms with Crippen LogP contribution in [0.25, 0.3) is 0 Å². The van der Waals surface area contributed by atoms with E-state index in [9.17, 15) is 9.59 Å². The van der Waals surface area contributed by atoms with E-state index in [-0.39, 0.29) is 11.7 Å². The van der Waals surface area contributed by atoms with E-state index < -0.39 is 0 Å². The molecule has 0 N–H and O–H groups in total. The lowest BCUT2D eigenvalue weighted by atomic mass is 9.87. The van der Waals surface area contributed by atoms with Crippen LogP contribution in [0.3, 0.4) is 0 Å². The molecule has 33 heavy (non-hydrogen) atoms. The summed E-state index contributed by atoms with van der Waals surface area (Å²) in [4.78, 5) is 29.9. The first kappa shape index (κ1) is 22.3. The highest BCUT2D eigenvalue weighted by Gasteiger charge is 2.30. The van der Waals surface area contributed by atoms with E-state index in [0.29, 0.717) is 18.8 Å². The first-order valence-corrected chi connectivity index (χ1v) is 12.8. The lowest BCUT2D eigenvalue weighted by molar-refractivity contribution is -0.119. The van der Waals surface area contributed by atoms with Crippen LogP contribution in [0.1, 0.15) is 71.1 Å². The average molecular weight is 445 g/mol. The van der Waals surface area contributed by atoms with Crippen LogP contribution in [0.5, 0.6) is 0 Å². The SMILES string of the molecule is Cc1cccc(CCN2CCC(CCC(=O)c3cc4c5c(c3)CCC(=O)N5CCC4)CC2)c1. The summed E-state index contributed by atoms with van der Waals surface area (Å²) in [6.07, 6.45) is 8.50. The summed E-state index contributed by atoms with van der Waals surface area (Å²) >= 11 is 0. The fourth-order valence-corrected chi connectivity index (χ4v) is 5.95. The lowest BCUT2D eigenvalue weighted by Gasteiger charge is -2.35. The van der Waals surface area contributed by atoms with E-state index >= 15 is 0 Å². The number of aryl methyl sites for hydroxylation is 3. The van der Waals surface area contributed by atoms with Crippen LogP contribution in [0, 0.1) is 12.8 Å². The summed E-state index contributed by atoms with van der Waals surface area (Å²) < 4.78 is 0. The van der Waals surface area contributed by atoms with Crippen LogP contribution in [0.2, 0.25) is 0 Å². The highest BCUT2D eigenvalue weighted by atomic mass is 16.2. The number of hydrogen-bond donors (Lipinski definition) is 0. The summed E-state index contributed by atoms with van der Waals surface area (Å²) in [6, 6.07) is 13.0. The van der Waals surface area contributed by atoms with Crippen molar-refractivity contribution < 1.29 is 9.59 Å². The molecule has 174 valence electrons. The maximum Gasteiger partial charge on any atom is 0.227 e. The highest BCUT2D eigenvalue weighted by molar-refractivity contribution is 6.01. The number of anilines is 1. The van der Waals surface area contributed by atoms with Crippen LogP contribution in [0.4, 0.5) is 5.69 Å². The Balaban J connectivity index is 1.12. The second-order valence-corrected chi connectivity index (χ2v) is 10.3. The topological polar surface area (TPSA) is 40.6 Å². The predicted molar refractivity (Wildman–Crippen MR) is 133 cm³/mol. The molecule has 2 aromatic carbocycles. The second kappa shape index (κ2) is 9.80. The average Bonchev–Trinajstić information content (AvgIpc) is 2.84. The number of piperidine rings is 1. The molecule has 0 unspecified atom stereocenters. The Hall–Kier alpha value is -2.46. The van der Waals surface area contributed by atoms with Gasteiger partial charge in [-0.15, -0.1) is 0 Å². The van der Waals surface area contributed by atoms with E-state index in [0.717, 1.165) is 69.5 Å². The molecule has 1 fully saturated rings. The molecule has 3 aliphatic rings. The van der Waals surface area contributed by atoms with Crippen LogP contribution >= 0.6 is 0 Å². The number of nitrogens with zero attached hydrogens (tertiary/aromatic N) is 2. The summed E-state index contributed by atoms with van der Waals surface area (Å²) in [7, 11) is 0. The highest BCUT2D eigenvalue weighted by Crippen LogP contribution is 2.37. The van der Waals surface area contributed by atoms with Crippen molar-refractivity contribution in [2.24, 2.45) is 5.92 Å². The van der Waals surface area contributed by atoms with Crippen molar-refractivity contribution in [2.45, 2.75) is 64.7 Å². The standard InChI is InChI=1S/C29H36N2O2/c1-21-4-2-5-23(18-21)13-17-30-15-11-22(12-16-30)7-9-27(32)26-19-24-6-3-14-31-28(33)10-8-25(20-26)29(24)31/h2,4-5,18-20,22H,3,6-17H2,1H3. The molecule has 4 heteroatoms. The monoisotopic (exact) mass is 444 g/mol. The predicted octanol–water partition coefficient (Wildman–Crippen LogP) is 5.14. The fraction of sp³-hybridized carbons (Fsp3) is 0.517. The van der Waals surface area contributed by atoms with Gasteiger partial charge in [0.25, 0.3) is 0 Å². The van der Waals surface area contributed by atoms with Gasteiger partial charge in [0, 0.05) is 31.5 Å². The van der Waals surface area contributed by atoms with Crippen molar-refractivity contribution in [3.05, 3.63) is 64.2 Å². The third kappa shape index (κ3) is 5.06. The molecule has 0 aliphatic carbocycles. The minimum atomic E-state index is 0.243. The van der Waals surface area contributed by atoms with Gasteiger partial charge in [-0.25, -0.2) is 0 Å². The first-order valence-electron chi connectivity index (χ1n) is 12.8. The number of benzene rings is 2. The number of Topliss-reactive ketones (excluding diaryl/α,β-unsaturated/α-hetero) is 1. The Morgan fingerprint density at radius 2 is 1.79 bits per heavy atom. The molecule has 3 aliphatic heterocycles. The van der Waals surface area contributed by atoms with Gasteiger partial charge < -0.3 is 9.80 Å². The zero-order valence-corrected chi connectivity index (χ0v) is 19.9. The number of rotatable bonds is 7. The maximum atomic E-state index is 13.1. The van der Waals surface area contributed by atoms with Gasteiger partial charge in [0.1, 0.15) is 0 Å². The molecule has 0 radical (unpaired) electrons. The quantitative estimate of drug-likeness (QED) is 0.556. The minimum Gasteiger partial charge on any atom is -0.312 e. The van der Waals surface area contributed by atoms with Gasteiger partial charge in [0.05, 0.1) is 5.69 Å². The van der Waals surface area contributed by atoms with Crippen LogP contribution in [-0.4, -0.2) is 42.8 Å². The number of hydrogen-bond acceptors (Lipinski definition) is 3. The Morgan fingerprint density at radius 1 is 1.00 bits per heavy atom. The zero-order valence-electron chi connectivity index (χ0n) is 19.9. The van der Waals surface area contributed by atoms with Crippen LogP contribution in [0.15, 0.2) is 36.4 Å². The molecule has 0 bridgehead atoms. The number of carbonyl (C=O) groups is 2. The van der Waals surface area contributed by atoms with Crippen molar-refractivity contribution in [3.8, 4) is 0 Å². The Kier molecular flexibility index (Phi) is 6.64.